The number of rotatable bonds is 5. The van der Waals surface area contributed by atoms with Crippen LogP contribution < -0.4 is 11.1 Å². The number of carbonyl (C=O) groups is 3. The molecule has 0 atom stereocenters. The lowest BCUT2D eigenvalue weighted by molar-refractivity contribution is -0.146. The highest BCUT2D eigenvalue weighted by atomic mass is 19.1. The molecule has 0 bridgehead atoms. The summed E-state index contributed by atoms with van der Waals surface area (Å²) >= 11 is 0. The third-order valence-corrected chi connectivity index (χ3v) is 2.36. The van der Waals surface area contributed by atoms with Gasteiger partial charge in [0, 0.05) is 12.6 Å². The molecule has 0 heterocycles. The average Bonchev–Trinajstić information content (AvgIpc) is 2.42. The summed E-state index contributed by atoms with van der Waals surface area (Å²) in [7, 11) is 0. The molecule has 8 heteroatoms. The Labute approximate surface area is 113 Å². The molecule has 0 unspecified atom stereocenters. The second-order valence-corrected chi connectivity index (χ2v) is 3.82. The van der Waals surface area contributed by atoms with E-state index in [9.17, 15) is 23.2 Å². The van der Waals surface area contributed by atoms with Crippen LogP contribution in [0.25, 0.3) is 0 Å². The van der Waals surface area contributed by atoms with E-state index in [1.165, 1.54) is 0 Å². The Balaban J connectivity index is 2.74. The lowest BCUT2D eigenvalue weighted by Crippen LogP contribution is -2.40. The van der Waals surface area contributed by atoms with E-state index in [-0.39, 0.29) is 25.2 Å². The summed E-state index contributed by atoms with van der Waals surface area (Å²) in [6.07, 6.45) is 0.529. The molecule has 3 amide bonds. The molecule has 3 N–H and O–H groups in total. The molecule has 0 radical (unpaired) electrons. The molecule has 1 rings (SSSR count). The number of halogens is 2. The van der Waals surface area contributed by atoms with Crippen molar-refractivity contribution in [3.8, 4) is 0 Å². The van der Waals surface area contributed by atoms with Gasteiger partial charge in [0.1, 0.15) is 11.6 Å². The van der Waals surface area contributed by atoms with Gasteiger partial charge in [0.25, 0.3) is 0 Å². The number of nitrogens with two attached hydrogens (primary N) is 1. The van der Waals surface area contributed by atoms with Crippen LogP contribution in [-0.2, 0) is 14.4 Å². The van der Waals surface area contributed by atoms with E-state index in [0.717, 1.165) is 12.1 Å². The van der Waals surface area contributed by atoms with Gasteiger partial charge in [-0.1, -0.05) is 0 Å². The van der Waals surface area contributed by atoms with Crippen molar-refractivity contribution < 1.29 is 23.2 Å². The van der Waals surface area contributed by atoms with Gasteiger partial charge < -0.3 is 11.1 Å². The van der Waals surface area contributed by atoms with Crippen LogP contribution in [0.15, 0.2) is 18.2 Å². The number of hydrogen-bond donors (Lipinski definition) is 2. The molecule has 1 aromatic carbocycles. The molecule has 0 aliphatic rings. The Kier molecular flexibility index (Phi) is 5.73. The first kappa shape index (κ1) is 15.7. The normalized spacial score (nSPS) is 9.95. The summed E-state index contributed by atoms with van der Waals surface area (Å²) in [6, 6.07) is 2.46. The largest absolute Gasteiger partial charge is 0.330 e. The first-order valence-corrected chi connectivity index (χ1v) is 5.72. The van der Waals surface area contributed by atoms with Crippen LogP contribution in [-0.4, -0.2) is 36.2 Å². The lowest BCUT2D eigenvalue weighted by atomic mass is 10.3. The van der Waals surface area contributed by atoms with Crippen molar-refractivity contribution in [3.63, 3.8) is 0 Å². The zero-order chi connectivity index (χ0) is 15.1. The second kappa shape index (κ2) is 7.29. The van der Waals surface area contributed by atoms with E-state index in [1.807, 2.05) is 5.32 Å². The number of hydrogen-bond acceptors (Lipinski definition) is 4. The van der Waals surface area contributed by atoms with Gasteiger partial charge in [-0.25, -0.2) is 8.78 Å². The Morgan fingerprint density at radius 1 is 1.35 bits per heavy atom. The van der Waals surface area contributed by atoms with Crippen molar-refractivity contribution in [2.45, 2.75) is 6.42 Å². The number of nitrogens with zero attached hydrogens (tertiary/aromatic N) is 1. The minimum absolute atomic E-state index is 0.0157. The minimum atomic E-state index is -1.19. The maximum atomic E-state index is 13.3. The van der Waals surface area contributed by atoms with Gasteiger partial charge in [-0.2, -0.15) is 0 Å². The molecule has 0 spiro atoms. The minimum Gasteiger partial charge on any atom is -0.330 e. The molecule has 20 heavy (non-hydrogen) atoms. The van der Waals surface area contributed by atoms with Gasteiger partial charge in [-0.3, -0.25) is 19.3 Å². The molecule has 0 saturated heterocycles. The summed E-state index contributed by atoms with van der Waals surface area (Å²) in [5.74, 6) is -4.17. The van der Waals surface area contributed by atoms with E-state index in [2.05, 4.69) is 0 Å². The molecule has 6 nitrogen and oxygen atoms in total. The van der Waals surface area contributed by atoms with Crippen LogP contribution in [0.2, 0.25) is 0 Å². The fourth-order valence-corrected chi connectivity index (χ4v) is 1.36. The van der Waals surface area contributed by atoms with Crippen molar-refractivity contribution in [1.29, 1.82) is 0 Å². The van der Waals surface area contributed by atoms with Gasteiger partial charge in [0.05, 0.1) is 5.69 Å². The Bertz CT molecular complexity index is 523. The third kappa shape index (κ3) is 4.09. The van der Waals surface area contributed by atoms with Crippen molar-refractivity contribution in [2.75, 3.05) is 18.4 Å². The quantitative estimate of drug-likeness (QED) is 0.598. The van der Waals surface area contributed by atoms with Crippen LogP contribution in [0.1, 0.15) is 6.42 Å². The van der Waals surface area contributed by atoms with Crippen molar-refractivity contribution in [2.24, 2.45) is 5.73 Å². The summed E-state index contributed by atoms with van der Waals surface area (Å²) < 4.78 is 26.0. The third-order valence-electron chi connectivity index (χ3n) is 2.36. The zero-order valence-electron chi connectivity index (χ0n) is 10.4. The first-order valence-electron chi connectivity index (χ1n) is 5.72. The molecule has 0 saturated carbocycles. The lowest BCUT2D eigenvalue weighted by Gasteiger charge is -2.14. The Hall–Kier alpha value is -2.35. The van der Waals surface area contributed by atoms with Crippen LogP contribution in [0.4, 0.5) is 14.5 Å². The highest BCUT2D eigenvalue weighted by molar-refractivity contribution is 6.41. The Morgan fingerprint density at radius 2 is 2.05 bits per heavy atom. The molecule has 0 fully saturated rings. The standard InChI is InChI=1S/C12H13F2N3O3/c13-8-2-3-10(9(14)6-8)16-11(19)12(20)17(7-18)5-1-4-15/h2-3,6-7H,1,4-5,15H2,(H,16,19). The maximum absolute atomic E-state index is 13.3. The summed E-state index contributed by atoms with van der Waals surface area (Å²) in [6.45, 7) is 0.226. The zero-order valence-corrected chi connectivity index (χ0v) is 10.4. The number of carbonyl (C=O) groups excluding carboxylic acids is 3. The smallest absolute Gasteiger partial charge is 0.318 e. The fraction of sp³-hybridized carbons (Fsp3) is 0.250. The highest BCUT2D eigenvalue weighted by Gasteiger charge is 2.22. The van der Waals surface area contributed by atoms with Crippen LogP contribution >= 0.6 is 0 Å². The average molecular weight is 285 g/mol. The summed E-state index contributed by atoms with van der Waals surface area (Å²) in [4.78, 5) is 34.5. The molecule has 0 aromatic heterocycles. The summed E-state index contributed by atoms with van der Waals surface area (Å²) in [5, 5.41) is 1.97. The van der Waals surface area contributed by atoms with E-state index in [4.69, 9.17) is 5.73 Å². The van der Waals surface area contributed by atoms with Crippen LogP contribution in [0.3, 0.4) is 0 Å². The van der Waals surface area contributed by atoms with Crippen molar-refractivity contribution in [1.82, 2.24) is 4.90 Å². The molecule has 0 aliphatic carbocycles. The van der Waals surface area contributed by atoms with Gasteiger partial charge in [0.15, 0.2) is 0 Å². The fourth-order valence-electron chi connectivity index (χ4n) is 1.36. The van der Waals surface area contributed by atoms with Gasteiger partial charge >= 0.3 is 11.8 Å². The predicted molar refractivity (Wildman–Crippen MR) is 66.4 cm³/mol. The van der Waals surface area contributed by atoms with Crippen LogP contribution in [0, 0.1) is 11.6 Å². The second-order valence-electron chi connectivity index (χ2n) is 3.82. The van der Waals surface area contributed by atoms with Gasteiger partial charge in [-0.05, 0) is 25.1 Å². The Morgan fingerprint density at radius 3 is 2.60 bits per heavy atom. The van der Waals surface area contributed by atoms with Gasteiger partial charge in [0.2, 0.25) is 6.41 Å². The van der Waals surface area contributed by atoms with E-state index >= 15 is 0 Å². The number of nitrogens with one attached hydrogen (secondary N) is 1. The van der Waals surface area contributed by atoms with Crippen molar-refractivity contribution in [3.05, 3.63) is 29.8 Å². The number of amides is 3. The molecule has 108 valence electrons. The topological polar surface area (TPSA) is 92.5 Å². The predicted octanol–water partition coefficient (Wildman–Crippen LogP) is 0.237. The van der Waals surface area contributed by atoms with Gasteiger partial charge in [-0.15, -0.1) is 0 Å². The molecular weight excluding hydrogens is 272 g/mol. The SMILES string of the molecule is NCCCN(C=O)C(=O)C(=O)Nc1ccc(F)cc1F. The molecular formula is C12H13F2N3O3. The van der Waals surface area contributed by atoms with E-state index < -0.39 is 23.4 Å². The summed E-state index contributed by atoms with van der Waals surface area (Å²) in [5.41, 5.74) is 4.87. The monoisotopic (exact) mass is 285 g/mol. The maximum Gasteiger partial charge on any atom is 0.318 e. The molecule has 0 aliphatic heterocycles. The highest BCUT2D eigenvalue weighted by Crippen LogP contribution is 2.14. The molecule has 1 aromatic rings. The number of imide groups is 1. The number of benzene rings is 1. The number of anilines is 1. The van der Waals surface area contributed by atoms with Crippen LogP contribution in [0.5, 0.6) is 0 Å². The first-order chi connectivity index (χ1) is 9.49. The van der Waals surface area contributed by atoms with E-state index in [0.29, 0.717) is 17.4 Å². The van der Waals surface area contributed by atoms with Crippen molar-refractivity contribution >= 4 is 23.9 Å². The van der Waals surface area contributed by atoms with E-state index in [1.54, 1.807) is 0 Å².